The van der Waals surface area contributed by atoms with Crippen LogP contribution < -0.4 is 4.90 Å². The molecule has 3 aliphatic heterocycles. The summed E-state index contributed by atoms with van der Waals surface area (Å²) < 4.78 is 4.98. The molecule has 1 N–H and O–H groups in total. The van der Waals surface area contributed by atoms with Crippen molar-refractivity contribution in [3.63, 3.8) is 0 Å². The first-order valence-electron chi connectivity index (χ1n) is 15.5. The van der Waals surface area contributed by atoms with Gasteiger partial charge in [-0.15, -0.1) is 24.9 Å². The lowest BCUT2D eigenvalue weighted by molar-refractivity contribution is -0.155. The number of para-hydroxylation sites is 1. The first kappa shape index (κ1) is 32.3. The maximum atomic E-state index is 15.0. The normalized spacial score (nSPS) is 29.2. The number of benzene rings is 1. The van der Waals surface area contributed by atoms with Crippen LogP contribution >= 0.6 is 11.8 Å². The van der Waals surface area contributed by atoms with Gasteiger partial charge in [-0.1, -0.05) is 57.5 Å². The van der Waals surface area contributed by atoms with Crippen LogP contribution in [0.4, 0.5) is 5.69 Å². The Kier molecular flexibility index (Phi) is 10.3. The van der Waals surface area contributed by atoms with E-state index in [-0.39, 0.29) is 48.0 Å². The van der Waals surface area contributed by atoms with Gasteiger partial charge in [-0.3, -0.25) is 14.4 Å². The van der Waals surface area contributed by atoms with Crippen LogP contribution in [0, 0.1) is 37.5 Å². The Morgan fingerprint density at radius 3 is 2.52 bits per heavy atom. The summed E-state index contributed by atoms with van der Waals surface area (Å²) in [6.45, 7) is 18.2. The molecule has 3 saturated heterocycles. The molecule has 42 heavy (non-hydrogen) atoms. The first-order valence-corrected chi connectivity index (χ1v) is 16.3. The lowest BCUT2D eigenvalue weighted by Crippen LogP contribution is -2.60. The summed E-state index contributed by atoms with van der Waals surface area (Å²) in [5.41, 5.74) is 2.74. The van der Waals surface area contributed by atoms with Crippen LogP contribution in [-0.2, 0) is 19.1 Å². The number of nitrogens with zero attached hydrogens (tertiary/aromatic N) is 2. The van der Waals surface area contributed by atoms with Crippen molar-refractivity contribution in [2.45, 2.75) is 88.8 Å². The smallest absolute Gasteiger partial charge is 0.310 e. The molecule has 3 fully saturated rings. The molecule has 2 bridgehead atoms. The fourth-order valence-corrected chi connectivity index (χ4v) is 10.0. The monoisotopic (exact) mass is 596 g/mol. The quantitative estimate of drug-likeness (QED) is 0.174. The standard InChI is InChI=1S/C34H48N2O5S/c1-8-11-12-13-18-41-33(40)27-26-19-24(7)34(42-26)28(27)31(38)36(25(20-37)21(4)10-3)30(34)32(39)35(17-9-2)29-22(5)15-14-16-23(29)6/h8-9,14-16,21,24-28,30,37H,1-2,10-13,17-20H2,3-7H3/t21-,24?,25-,26+,27-,28-,30?,34?/m0/s1. The molecule has 4 rings (SSSR count). The topological polar surface area (TPSA) is 87.1 Å². The zero-order valence-corrected chi connectivity index (χ0v) is 26.7. The highest BCUT2D eigenvalue weighted by Gasteiger charge is 2.77. The fourth-order valence-electron chi connectivity index (χ4n) is 7.64. The number of allylic oxidation sites excluding steroid dienone is 1. The Morgan fingerprint density at radius 1 is 1.24 bits per heavy atom. The lowest BCUT2D eigenvalue weighted by atomic mass is 9.66. The van der Waals surface area contributed by atoms with Crippen molar-refractivity contribution < 1.29 is 24.2 Å². The van der Waals surface area contributed by atoms with Crippen LogP contribution in [0.3, 0.4) is 0 Å². The van der Waals surface area contributed by atoms with Crippen LogP contribution in [0.1, 0.15) is 64.0 Å². The van der Waals surface area contributed by atoms with E-state index in [0.29, 0.717) is 6.61 Å². The van der Waals surface area contributed by atoms with Crippen molar-refractivity contribution in [2.75, 3.05) is 24.7 Å². The van der Waals surface area contributed by atoms with Gasteiger partial charge in [0.2, 0.25) is 5.91 Å². The molecule has 0 radical (unpaired) electrons. The highest BCUT2D eigenvalue weighted by molar-refractivity contribution is 8.02. The molecule has 3 unspecified atom stereocenters. The lowest BCUT2D eigenvalue weighted by Gasteiger charge is -2.43. The molecule has 3 aliphatic rings. The number of carbonyl (C=O) groups excluding carboxylic acids is 3. The number of aliphatic hydroxyl groups excluding tert-OH is 1. The minimum Gasteiger partial charge on any atom is -0.465 e. The number of fused-ring (bicyclic) bond motifs is 1. The summed E-state index contributed by atoms with van der Waals surface area (Å²) in [4.78, 5) is 46.7. The second kappa shape index (κ2) is 13.4. The van der Waals surface area contributed by atoms with Gasteiger partial charge < -0.3 is 19.6 Å². The molecule has 0 aromatic heterocycles. The third-order valence-electron chi connectivity index (χ3n) is 9.87. The minimum absolute atomic E-state index is 0.0249. The van der Waals surface area contributed by atoms with Crippen molar-refractivity contribution in [3.8, 4) is 0 Å². The number of ether oxygens (including phenoxy) is 1. The molecule has 230 valence electrons. The average Bonchev–Trinajstić information content (AvgIpc) is 3.56. The summed E-state index contributed by atoms with van der Waals surface area (Å²) in [6.07, 6.45) is 7.53. The summed E-state index contributed by atoms with van der Waals surface area (Å²) in [5.74, 6) is -2.02. The summed E-state index contributed by atoms with van der Waals surface area (Å²) in [7, 11) is 0. The number of thioether (sulfide) groups is 1. The molecule has 8 atom stereocenters. The molecular formula is C34H48N2O5S. The largest absolute Gasteiger partial charge is 0.465 e. The minimum atomic E-state index is -0.824. The van der Waals surface area contributed by atoms with Gasteiger partial charge in [0, 0.05) is 17.5 Å². The number of aliphatic hydroxyl groups is 1. The second-order valence-electron chi connectivity index (χ2n) is 12.4. The van der Waals surface area contributed by atoms with E-state index < -0.39 is 28.7 Å². The van der Waals surface area contributed by atoms with E-state index in [0.717, 1.165) is 48.9 Å². The number of amides is 2. The zero-order chi connectivity index (χ0) is 30.8. The Bertz CT molecular complexity index is 1180. The van der Waals surface area contributed by atoms with E-state index in [1.807, 2.05) is 52.0 Å². The Morgan fingerprint density at radius 2 is 1.93 bits per heavy atom. The highest BCUT2D eigenvalue weighted by Crippen LogP contribution is 2.69. The van der Waals surface area contributed by atoms with Crippen molar-refractivity contribution in [1.82, 2.24) is 4.90 Å². The van der Waals surface area contributed by atoms with Crippen LogP contribution in [-0.4, -0.2) is 69.6 Å². The van der Waals surface area contributed by atoms with E-state index >= 15 is 4.79 Å². The van der Waals surface area contributed by atoms with E-state index in [1.165, 1.54) is 0 Å². The number of aryl methyl sites for hydroxylation is 2. The average molecular weight is 597 g/mol. The second-order valence-corrected chi connectivity index (χ2v) is 13.9. The molecule has 1 aromatic rings. The number of carbonyl (C=O) groups is 3. The van der Waals surface area contributed by atoms with Crippen LogP contribution in [0.2, 0.25) is 0 Å². The highest BCUT2D eigenvalue weighted by atomic mass is 32.2. The predicted octanol–water partition coefficient (Wildman–Crippen LogP) is 5.47. The van der Waals surface area contributed by atoms with Crippen molar-refractivity contribution in [1.29, 1.82) is 0 Å². The number of anilines is 1. The third kappa shape index (κ3) is 5.34. The van der Waals surface area contributed by atoms with Gasteiger partial charge in [-0.2, -0.15) is 0 Å². The van der Waals surface area contributed by atoms with E-state index in [2.05, 4.69) is 20.1 Å². The molecule has 0 aliphatic carbocycles. The van der Waals surface area contributed by atoms with Crippen molar-refractivity contribution >= 4 is 35.2 Å². The van der Waals surface area contributed by atoms with Gasteiger partial charge in [0.25, 0.3) is 5.91 Å². The molecule has 1 spiro atoms. The van der Waals surface area contributed by atoms with Gasteiger partial charge in [0.15, 0.2) is 0 Å². The Hall–Kier alpha value is -2.58. The van der Waals surface area contributed by atoms with E-state index in [9.17, 15) is 14.7 Å². The maximum Gasteiger partial charge on any atom is 0.310 e. The fraction of sp³-hybridized carbons (Fsp3) is 0.618. The molecule has 7 nitrogen and oxygen atoms in total. The molecular weight excluding hydrogens is 548 g/mol. The summed E-state index contributed by atoms with van der Waals surface area (Å²) in [6, 6.07) is 4.58. The number of rotatable bonds is 14. The van der Waals surface area contributed by atoms with Crippen LogP contribution in [0.25, 0.3) is 0 Å². The number of hydrogen-bond acceptors (Lipinski definition) is 6. The van der Waals surface area contributed by atoms with Gasteiger partial charge in [-0.25, -0.2) is 0 Å². The van der Waals surface area contributed by atoms with E-state index in [1.54, 1.807) is 27.6 Å². The number of esters is 1. The SMILES string of the molecule is C=CCCCCOC(=O)[C@@H]1[C@H]2C(=O)N([C@@H](CO)[C@@H](C)CC)C(C(=O)N(CC=C)c3c(C)cccc3C)C23S[C@@H]1CC3C. The van der Waals surface area contributed by atoms with Gasteiger partial charge in [0.1, 0.15) is 6.04 Å². The van der Waals surface area contributed by atoms with Crippen molar-refractivity contribution in [2.24, 2.45) is 23.7 Å². The van der Waals surface area contributed by atoms with Gasteiger partial charge in [0.05, 0.1) is 35.8 Å². The molecule has 8 heteroatoms. The molecule has 0 saturated carbocycles. The third-order valence-corrected chi connectivity index (χ3v) is 11.9. The number of unbranched alkanes of at least 4 members (excludes halogenated alkanes) is 2. The van der Waals surface area contributed by atoms with Crippen LogP contribution in [0.5, 0.6) is 0 Å². The number of hydrogen-bond donors (Lipinski definition) is 1. The molecule has 1 aromatic carbocycles. The first-order chi connectivity index (χ1) is 20.1. The Balaban J connectivity index is 1.81. The van der Waals surface area contributed by atoms with Crippen LogP contribution in [0.15, 0.2) is 43.5 Å². The maximum absolute atomic E-state index is 15.0. The Labute approximate surface area is 255 Å². The summed E-state index contributed by atoms with van der Waals surface area (Å²) >= 11 is 1.64. The number of likely N-dealkylation sites (tertiary alicyclic amines) is 1. The summed E-state index contributed by atoms with van der Waals surface area (Å²) in [5, 5.41) is 10.6. The van der Waals surface area contributed by atoms with Crippen molar-refractivity contribution in [3.05, 3.63) is 54.6 Å². The van der Waals surface area contributed by atoms with Gasteiger partial charge in [-0.05, 0) is 62.5 Å². The van der Waals surface area contributed by atoms with Gasteiger partial charge >= 0.3 is 5.97 Å². The molecule has 2 amide bonds. The zero-order valence-electron chi connectivity index (χ0n) is 25.9. The predicted molar refractivity (Wildman–Crippen MR) is 169 cm³/mol. The molecule has 3 heterocycles. The van der Waals surface area contributed by atoms with E-state index in [4.69, 9.17) is 4.74 Å².